The van der Waals surface area contributed by atoms with Gasteiger partial charge in [-0.2, -0.15) is 0 Å². The molecule has 10 heteroatoms. The van der Waals surface area contributed by atoms with Crippen LogP contribution in [0.4, 0.5) is 8.78 Å². The van der Waals surface area contributed by atoms with Crippen LogP contribution in [0.2, 0.25) is 0 Å². The van der Waals surface area contributed by atoms with Crippen LogP contribution in [0.5, 0.6) is 5.75 Å². The molecule has 0 spiro atoms. The van der Waals surface area contributed by atoms with Gasteiger partial charge in [-0.05, 0) is 32.9 Å². The number of hydrogen-bond acceptors (Lipinski definition) is 6. The smallest absolute Gasteiger partial charge is 0.350 e. The Balaban J connectivity index is 1.86. The Bertz CT molecular complexity index is 873. The second kappa shape index (κ2) is 10.7. The van der Waals surface area contributed by atoms with Gasteiger partial charge >= 0.3 is 5.97 Å². The van der Waals surface area contributed by atoms with E-state index in [1.54, 1.807) is 20.9 Å². The lowest BCUT2D eigenvalue weighted by Gasteiger charge is -2.16. The van der Waals surface area contributed by atoms with Crippen LogP contribution in [0.3, 0.4) is 0 Å². The summed E-state index contributed by atoms with van der Waals surface area (Å²) in [5, 5.41) is 6.93. The average Bonchev–Trinajstić information content (AvgIpc) is 3.07. The van der Waals surface area contributed by atoms with Gasteiger partial charge in [0.05, 0.1) is 24.9 Å². The van der Waals surface area contributed by atoms with E-state index < -0.39 is 11.6 Å². The van der Waals surface area contributed by atoms with Gasteiger partial charge in [0.2, 0.25) is 0 Å². The maximum Gasteiger partial charge on any atom is 0.350 e. The highest BCUT2D eigenvalue weighted by atomic mass is 32.1. The molecule has 7 nitrogen and oxygen atoms in total. The number of aliphatic imine (C=N–C) groups is 1. The first kappa shape index (κ1) is 22.5. The zero-order valence-corrected chi connectivity index (χ0v) is 17.5. The molecule has 1 unspecified atom stereocenters. The molecule has 0 radical (unpaired) electrons. The molecular formula is C19H24F2N4O3S. The third-order valence-corrected chi connectivity index (χ3v) is 5.09. The number of aromatic nitrogens is 1. The molecule has 0 aliphatic heterocycles. The molecule has 1 aromatic carbocycles. The number of hydrogen-bond donors (Lipinski definition) is 2. The van der Waals surface area contributed by atoms with E-state index in [9.17, 15) is 13.6 Å². The Morgan fingerprint density at radius 2 is 2.14 bits per heavy atom. The van der Waals surface area contributed by atoms with Crippen LogP contribution < -0.4 is 15.4 Å². The normalized spacial score (nSPS) is 12.4. The summed E-state index contributed by atoms with van der Waals surface area (Å²) in [5.74, 6) is -1.32. The first-order valence-corrected chi connectivity index (χ1v) is 9.86. The summed E-state index contributed by atoms with van der Waals surface area (Å²) < 4.78 is 36.8. The molecule has 29 heavy (non-hydrogen) atoms. The fourth-order valence-electron chi connectivity index (χ4n) is 2.37. The van der Waals surface area contributed by atoms with Crippen molar-refractivity contribution in [2.75, 3.05) is 26.8 Å². The molecule has 0 fully saturated rings. The summed E-state index contributed by atoms with van der Waals surface area (Å²) in [7, 11) is 1.61. The monoisotopic (exact) mass is 426 g/mol. The number of esters is 1. The van der Waals surface area contributed by atoms with Gasteiger partial charge in [-0.1, -0.05) is 0 Å². The Labute approximate surface area is 172 Å². The van der Waals surface area contributed by atoms with Crippen LogP contribution in [0.25, 0.3) is 0 Å². The Morgan fingerprint density at radius 3 is 2.79 bits per heavy atom. The lowest BCUT2D eigenvalue weighted by atomic mass is 10.3. The first-order valence-electron chi connectivity index (χ1n) is 9.05. The maximum atomic E-state index is 13.5. The molecule has 1 aromatic heterocycles. The topological polar surface area (TPSA) is 84.8 Å². The Hall–Kier alpha value is -2.75. The van der Waals surface area contributed by atoms with Crippen molar-refractivity contribution in [2.24, 2.45) is 4.99 Å². The molecular weight excluding hydrogens is 402 g/mol. The van der Waals surface area contributed by atoms with Gasteiger partial charge in [-0.3, -0.25) is 4.99 Å². The molecule has 1 atom stereocenters. The average molecular weight is 426 g/mol. The van der Waals surface area contributed by atoms with Crippen molar-refractivity contribution in [3.05, 3.63) is 45.4 Å². The molecule has 2 rings (SSSR count). The molecule has 0 aliphatic carbocycles. The first-order chi connectivity index (χ1) is 13.8. The molecule has 0 aliphatic rings. The molecule has 2 aromatic rings. The number of halogens is 2. The lowest BCUT2D eigenvalue weighted by Crippen LogP contribution is -2.40. The molecule has 0 saturated carbocycles. The second-order valence-electron chi connectivity index (χ2n) is 5.98. The number of carbonyl (C=O) groups excluding carboxylic acids is 1. The van der Waals surface area contributed by atoms with Gasteiger partial charge in [-0.25, -0.2) is 18.6 Å². The largest absolute Gasteiger partial charge is 0.489 e. The highest BCUT2D eigenvalue weighted by molar-refractivity contribution is 7.13. The van der Waals surface area contributed by atoms with Crippen molar-refractivity contribution in [2.45, 2.75) is 26.8 Å². The van der Waals surface area contributed by atoms with Gasteiger partial charge < -0.3 is 20.1 Å². The molecule has 0 bridgehead atoms. The zero-order chi connectivity index (χ0) is 21.4. The molecule has 158 valence electrons. The minimum atomic E-state index is -0.752. The van der Waals surface area contributed by atoms with E-state index in [1.165, 1.54) is 17.4 Å². The van der Waals surface area contributed by atoms with E-state index in [2.05, 4.69) is 20.6 Å². The van der Waals surface area contributed by atoms with Crippen molar-refractivity contribution >= 4 is 23.3 Å². The number of aryl methyl sites for hydroxylation is 1. The second-order valence-corrected chi connectivity index (χ2v) is 7.01. The third kappa shape index (κ3) is 6.38. The van der Waals surface area contributed by atoms with Crippen LogP contribution >= 0.6 is 11.3 Å². The van der Waals surface area contributed by atoms with Gasteiger partial charge in [0, 0.05) is 13.1 Å². The summed E-state index contributed by atoms with van der Waals surface area (Å²) in [6.07, 6.45) is 0. The summed E-state index contributed by atoms with van der Waals surface area (Å²) in [6.45, 7) is 6.21. The number of thiazole rings is 1. The van der Waals surface area contributed by atoms with Gasteiger partial charge in [0.25, 0.3) is 0 Å². The number of guanidine groups is 1. The Kier molecular flexibility index (Phi) is 8.32. The lowest BCUT2D eigenvalue weighted by molar-refractivity contribution is 0.0531. The fraction of sp³-hybridized carbons (Fsp3) is 0.421. The van der Waals surface area contributed by atoms with E-state index >= 15 is 0 Å². The van der Waals surface area contributed by atoms with Crippen LogP contribution in [-0.2, 0) is 4.74 Å². The number of carbonyl (C=O) groups is 1. The van der Waals surface area contributed by atoms with Gasteiger partial charge in [-0.15, -0.1) is 11.3 Å². The Morgan fingerprint density at radius 1 is 1.38 bits per heavy atom. The number of nitrogens with one attached hydrogen (secondary N) is 2. The summed E-state index contributed by atoms with van der Waals surface area (Å²) in [5.41, 5.74) is 0.620. The summed E-state index contributed by atoms with van der Waals surface area (Å²) in [6, 6.07) is 2.94. The van der Waals surface area contributed by atoms with Gasteiger partial charge in [0.15, 0.2) is 17.5 Å². The summed E-state index contributed by atoms with van der Waals surface area (Å²) >= 11 is 1.27. The van der Waals surface area contributed by atoms with Crippen molar-refractivity contribution in [1.82, 2.24) is 15.6 Å². The molecule has 2 N–H and O–H groups in total. The standard InChI is InChI=1S/C19H24F2N4O3S/c1-5-27-18(26)16-11(2)24-17(29-16)12(3)25-19(22-4)23-8-9-28-15-7-6-13(20)10-14(15)21/h6-7,10,12H,5,8-9H2,1-4H3,(H2,22,23,25). The van der Waals surface area contributed by atoms with Crippen LogP contribution in [0.1, 0.15) is 40.3 Å². The SMILES string of the molecule is CCOC(=O)c1sc(C(C)NC(=NC)NCCOc2ccc(F)cc2F)nc1C. The van der Waals surface area contributed by atoms with Crippen molar-refractivity contribution < 1.29 is 23.0 Å². The van der Waals surface area contributed by atoms with Crippen LogP contribution in [-0.4, -0.2) is 43.7 Å². The van der Waals surface area contributed by atoms with E-state index in [1.807, 2.05) is 6.92 Å². The molecule has 0 saturated heterocycles. The number of ether oxygens (including phenoxy) is 2. The van der Waals surface area contributed by atoms with E-state index in [-0.39, 0.29) is 24.4 Å². The molecule has 1 heterocycles. The predicted octanol–water partition coefficient (Wildman–Crippen LogP) is 3.21. The van der Waals surface area contributed by atoms with Crippen LogP contribution in [0.15, 0.2) is 23.2 Å². The van der Waals surface area contributed by atoms with E-state index in [0.29, 0.717) is 29.7 Å². The number of rotatable bonds is 8. The summed E-state index contributed by atoms with van der Waals surface area (Å²) in [4.78, 5) is 21.0. The van der Waals surface area contributed by atoms with E-state index in [4.69, 9.17) is 9.47 Å². The zero-order valence-electron chi connectivity index (χ0n) is 16.7. The predicted molar refractivity (Wildman–Crippen MR) is 108 cm³/mol. The minimum Gasteiger partial charge on any atom is -0.489 e. The maximum absolute atomic E-state index is 13.5. The highest BCUT2D eigenvalue weighted by Crippen LogP contribution is 2.24. The van der Waals surface area contributed by atoms with Crippen molar-refractivity contribution in [1.29, 1.82) is 0 Å². The minimum absolute atomic E-state index is 0.0192. The van der Waals surface area contributed by atoms with Crippen LogP contribution in [0, 0.1) is 18.6 Å². The number of benzene rings is 1. The molecule has 0 amide bonds. The van der Waals surface area contributed by atoms with Crippen molar-refractivity contribution in [3.8, 4) is 5.75 Å². The highest BCUT2D eigenvalue weighted by Gasteiger charge is 2.20. The third-order valence-electron chi connectivity index (χ3n) is 3.77. The van der Waals surface area contributed by atoms with Crippen molar-refractivity contribution in [3.63, 3.8) is 0 Å². The van der Waals surface area contributed by atoms with Gasteiger partial charge in [0.1, 0.15) is 22.3 Å². The number of nitrogens with zero attached hydrogens (tertiary/aromatic N) is 2. The quantitative estimate of drug-likeness (QED) is 0.292. The fourth-order valence-corrected chi connectivity index (χ4v) is 3.34. The van der Waals surface area contributed by atoms with E-state index in [0.717, 1.165) is 17.1 Å².